The van der Waals surface area contributed by atoms with Gasteiger partial charge < -0.3 is 20.6 Å². The van der Waals surface area contributed by atoms with Crippen LogP contribution in [0.2, 0.25) is 5.02 Å². The maximum absolute atomic E-state index is 13.4. The number of terminal acetylenes is 1. The Hall–Kier alpha value is -2.07. The molecule has 1 aliphatic rings. The molecule has 1 aliphatic heterocycles. The normalized spacial score (nSPS) is 21.0. The molecule has 31 heavy (non-hydrogen) atoms. The highest BCUT2D eigenvalue weighted by Gasteiger charge is 2.44. The lowest BCUT2D eigenvalue weighted by Crippen LogP contribution is -2.58. The summed E-state index contributed by atoms with van der Waals surface area (Å²) >= 11 is 6.33. The molecule has 1 aromatic rings. The van der Waals surface area contributed by atoms with Gasteiger partial charge in [0.15, 0.2) is 0 Å². The molecule has 0 aliphatic carbocycles. The molecule has 3 N–H and O–H groups in total. The zero-order chi connectivity index (χ0) is 23.5. The van der Waals surface area contributed by atoms with Gasteiger partial charge in [0.05, 0.1) is 18.2 Å². The number of β-amino-alcohol motifs (C(OH)–C–C–N with tert-alkyl or cyclic N) is 1. The van der Waals surface area contributed by atoms with Gasteiger partial charge in [-0.1, -0.05) is 58.2 Å². The van der Waals surface area contributed by atoms with Crippen molar-refractivity contribution in [1.82, 2.24) is 15.5 Å². The molecule has 1 saturated heterocycles. The summed E-state index contributed by atoms with van der Waals surface area (Å²) in [5.41, 5.74) is 1.04. The number of halogens is 1. The van der Waals surface area contributed by atoms with Crippen LogP contribution in [0, 0.1) is 17.8 Å². The average molecular weight is 448 g/mol. The molecule has 2 rings (SSSR count). The second kappa shape index (κ2) is 10.0. The number of amides is 2. The molecule has 0 spiro atoms. The lowest BCUT2D eigenvalue weighted by atomic mass is 9.85. The second-order valence-corrected chi connectivity index (χ2v) is 10.0. The SMILES string of the molecule is C#Cc1ccc([C@H](C)NC(=O)[C@@H]2C[C@@H](O)CN2C(=O)[C@@H](NC(C)C)C(C)(C)C)c(Cl)c1. The average Bonchev–Trinajstić information content (AvgIpc) is 3.06. The maximum atomic E-state index is 13.4. The Morgan fingerprint density at radius 3 is 2.45 bits per heavy atom. The summed E-state index contributed by atoms with van der Waals surface area (Å²) in [5.74, 6) is 2.04. The molecule has 1 fully saturated rings. The van der Waals surface area contributed by atoms with Crippen molar-refractivity contribution in [3.8, 4) is 12.3 Å². The number of aliphatic hydroxyl groups excluding tert-OH is 1. The van der Waals surface area contributed by atoms with Crippen molar-refractivity contribution in [1.29, 1.82) is 0 Å². The van der Waals surface area contributed by atoms with E-state index in [1.807, 2.05) is 41.5 Å². The Morgan fingerprint density at radius 2 is 1.94 bits per heavy atom. The standard InChI is InChI=1S/C24H34ClN3O3/c1-8-16-9-10-18(19(25)11-16)15(4)27-22(30)20-12-17(29)13-28(20)23(31)21(24(5,6)7)26-14(2)3/h1,9-11,14-15,17,20-21,26,29H,12-13H2,2-7H3,(H,27,30)/t15-,17+,20-,21+/m0/s1. The number of nitrogens with one attached hydrogen (secondary N) is 2. The first-order valence-electron chi connectivity index (χ1n) is 10.7. The molecule has 0 aromatic heterocycles. The van der Waals surface area contributed by atoms with Crippen LogP contribution >= 0.6 is 11.6 Å². The first kappa shape index (κ1) is 25.2. The molecule has 4 atom stereocenters. The van der Waals surface area contributed by atoms with Gasteiger partial charge in [-0.15, -0.1) is 6.42 Å². The first-order valence-corrected chi connectivity index (χ1v) is 11.0. The molecule has 6 nitrogen and oxygen atoms in total. The van der Waals surface area contributed by atoms with E-state index in [-0.39, 0.29) is 42.3 Å². The predicted octanol–water partition coefficient (Wildman–Crippen LogP) is 2.87. The number of nitrogens with zero attached hydrogens (tertiary/aromatic N) is 1. The molecule has 0 saturated carbocycles. The van der Waals surface area contributed by atoms with Gasteiger partial charge in [0.2, 0.25) is 11.8 Å². The van der Waals surface area contributed by atoms with E-state index in [2.05, 4.69) is 16.6 Å². The van der Waals surface area contributed by atoms with Gasteiger partial charge >= 0.3 is 0 Å². The van der Waals surface area contributed by atoms with Crippen molar-refractivity contribution in [2.45, 2.75) is 78.2 Å². The van der Waals surface area contributed by atoms with E-state index in [1.165, 1.54) is 4.90 Å². The quantitative estimate of drug-likeness (QED) is 0.586. The Morgan fingerprint density at radius 1 is 1.29 bits per heavy atom. The lowest BCUT2D eigenvalue weighted by Gasteiger charge is -2.36. The number of carbonyl (C=O) groups excluding carboxylic acids is 2. The minimum Gasteiger partial charge on any atom is -0.391 e. The summed E-state index contributed by atoms with van der Waals surface area (Å²) in [6, 6.07) is 3.74. The van der Waals surface area contributed by atoms with Crippen LogP contribution in [0.5, 0.6) is 0 Å². The van der Waals surface area contributed by atoms with Crippen LogP contribution in [0.1, 0.15) is 65.1 Å². The highest BCUT2D eigenvalue weighted by Crippen LogP contribution is 2.28. The van der Waals surface area contributed by atoms with Crippen LogP contribution in [0.25, 0.3) is 0 Å². The summed E-state index contributed by atoms with van der Waals surface area (Å²) in [5, 5.41) is 17.0. The van der Waals surface area contributed by atoms with Gasteiger partial charge in [0.1, 0.15) is 6.04 Å². The summed E-state index contributed by atoms with van der Waals surface area (Å²) in [7, 11) is 0. The van der Waals surface area contributed by atoms with E-state index in [9.17, 15) is 14.7 Å². The van der Waals surface area contributed by atoms with Crippen LogP contribution in [0.4, 0.5) is 0 Å². The molecule has 1 heterocycles. The van der Waals surface area contributed by atoms with Crippen molar-refractivity contribution in [2.24, 2.45) is 5.41 Å². The predicted molar refractivity (Wildman–Crippen MR) is 124 cm³/mol. The van der Waals surface area contributed by atoms with E-state index < -0.39 is 18.2 Å². The largest absolute Gasteiger partial charge is 0.391 e. The number of likely N-dealkylation sites (tertiary alicyclic amines) is 1. The Labute approximate surface area is 190 Å². The van der Waals surface area contributed by atoms with Crippen LogP contribution in [0.3, 0.4) is 0 Å². The Kier molecular flexibility index (Phi) is 8.15. The van der Waals surface area contributed by atoms with Crippen molar-refractivity contribution in [3.05, 3.63) is 34.3 Å². The van der Waals surface area contributed by atoms with E-state index in [4.69, 9.17) is 18.0 Å². The van der Waals surface area contributed by atoms with Crippen LogP contribution in [-0.2, 0) is 9.59 Å². The van der Waals surface area contributed by atoms with E-state index in [0.717, 1.165) is 5.56 Å². The summed E-state index contributed by atoms with van der Waals surface area (Å²) < 4.78 is 0. The van der Waals surface area contributed by atoms with Gasteiger partial charge in [0.25, 0.3) is 0 Å². The van der Waals surface area contributed by atoms with Crippen LogP contribution in [-0.4, -0.2) is 52.6 Å². The number of hydrogen-bond donors (Lipinski definition) is 3. The third-order valence-corrected chi connectivity index (χ3v) is 5.80. The fourth-order valence-electron chi connectivity index (χ4n) is 3.85. The molecule has 0 unspecified atom stereocenters. The second-order valence-electron chi connectivity index (χ2n) is 9.63. The lowest BCUT2D eigenvalue weighted by molar-refractivity contribution is -0.142. The minimum absolute atomic E-state index is 0.0983. The van der Waals surface area contributed by atoms with E-state index in [1.54, 1.807) is 18.2 Å². The minimum atomic E-state index is -0.743. The van der Waals surface area contributed by atoms with E-state index >= 15 is 0 Å². The number of benzene rings is 1. The molecule has 2 amide bonds. The summed E-state index contributed by atoms with van der Waals surface area (Å²) in [6.45, 7) is 11.9. The van der Waals surface area contributed by atoms with Gasteiger partial charge in [-0.3, -0.25) is 9.59 Å². The van der Waals surface area contributed by atoms with Gasteiger partial charge in [0, 0.05) is 29.6 Å². The van der Waals surface area contributed by atoms with Crippen molar-refractivity contribution in [3.63, 3.8) is 0 Å². The molecule has 0 radical (unpaired) electrons. The van der Waals surface area contributed by atoms with Gasteiger partial charge in [-0.2, -0.15) is 0 Å². The molecular weight excluding hydrogens is 414 g/mol. The molecular formula is C24H34ClN3O3. The number of carbonyl (C=O) groups is 2. The molecule has 1 aromatic carbocycles. The third-order valence-electron chi connectivity index (χ3n) is 5.47. The smallest absolute Gasteiger partial charge is 0.243 e. The zero-order valence-corrected chi connectivity index (χ0v) is 20.0. The van der Waals surface area contributed by atoms with Crippen molar-refractivity contribution in [2.75, 3.05) is 6.54 Å². The molecule has 0 bridgehead atoms. The number of hydrogen-bond acceptors (Lipinski definition) is 4. The topological polar surface area (TPSA) is 81.7 Å². The fraction of sp³-hybridized carbons (Fsp3) is 0.583. The van der Waals surface area contributed by atoms with Crippen molar-refractivity contribution >= 4 is 23.4 Å². The highest BCUT2D eigenvalue weighted by atomic mass is 35.5. The van der Waals surface area contributed by atoms with Crippen LogP contribution < -0.4 is 10.6 Å². The molecule has 170 valence electrons. The van der Waals surface area contributed by atoms with Gasteiger partial charge in [-0.25, -0.2) is 0 Å². The molecule has 7 heteroatoms. The number of rotatable bonds is 6. The van der Waals surface area contributed by atoms with Crippen LogP contribution in [0.15, 0.2) is 18.2 Å². The number of aliphatic hydroxyl groups is 1. The Balaban J connectivity index is 2.20. The monoisotopic (exact) mass is 447 g/mol. The van der Waals surface area contributed by atoms with Gasteiger partial charge in [-0.05, 0) is 30.0 Å². The fourth-order valence-corrected chi connectivity index (χ4v) is 4.20. The zero-order valence-electron chi connectivity index (χ0n) is 19.2. The highest BCUT2D eigenvalue weighted by molar-refractivity contribution is 6.31. The summed E-state index contributed by atoms with van der Waals surface area (Å²) in [6.07, 6.45) is 4.86. The Bertz CT molecular complexity index is 857. The third kappa shape index (κ3) is 6.22. The first-order chi connectivity index (χ1) is 14.3. The maximum Gasteiger partial charge on any atom is 0.243 e. The van der Waals surface area contributed by atoms with Crippen molar-refractivity contribution < 1.29 is 14.7 Å². The van der Waals surface area contributed by atoms with E-state index in [0.29, 0.717) is 10.6 Å². The summed E-state index contributed by atoms with van der Waals surface area (Å²) in [4.78, 5) is 28.0.